The van der Waals surface area contributed by atoms with Crippen LogP contribution < -0.4 is 5.49 Å². The van der Waals surface area contributed by atoms with Crippen molar-refractivity contribution in [1.29, 1.82) is 10.8 Å². The Morgan fingerprint density at radius 1 is 1.13 bits per heavy atom. The summed E-state index contributed by atoms with van der Waals surface area (Å²) in [4.78, 5) is 15.3. The summed E-state index contributed by atoms with van der Waals surface area (Å²) in [7, 11) is 0. The number of carboxylic acids is 1. The number of hydrogen-bond acceptors (Lipinski definition) is 6. The van der Waals surface area contributed by atoms with Gasteiger partial charge in [-0.25, -0.2) is 4.68 Å². The van der Waals surface area contributed by atoms with Crippen LogP contribution in [0.2, 0.25) is 0 Å². The van der Waals surface area contributed by atoms with Crippen molar-refractivity contribution in [3.63, 3.8) is 0 Å². The summed E-state index contributed by atoms with van der Waals surface area (Å²) in [5.41, 5.74) is 4.23. The molecule has 30 heavy (non-hydrogen) atoms. The van der Waals surface area contributed by atoms with Gasteiger partial charge in [0.15, 0.2) is 0 Å². The van der Waals surface area contributed by atoms with Gasteiger partial charge in [0.25, 0.3) is 0 Å². The van der Waals surface area contributed by atoms with Crippen LogP contribution in [0.25, 0.3) is 22.0 Å². The molecule has 3 aromatic heterocycles. The molecule has 0 unspecified atom stereocenters. The van der Waals surface area contributed by atoms with Crippen molar-refractivity contribution in [2.45, 2.75) is 19.9 Å². The predicted octanol–water partition coefficient (Wildman–Crippen LogP) is 2.24. The molecule has 0 aliphatic rings. The monoisotopic (exact) mass is 401 g/mol. The maximum atomic E-state index is 10.8. The smallest absolute Gasteiger partial charge is 0.325 e. The molecule has 0 fully saturated rings. The van der Waals surface area contributed by atoms with E-state index < -0.39 is 5.97 Å². The van der Waals surface area contributed by atoms with E-state index in [-0.39, 0.29) is 17.9 Å². The Kier molecular flexibility index (Phi) is 4.93. The van der Waals surface area contributed by atoms with Crippen molar-refractivity contribution in [1.82, 2.24) is 24.5 Å². The molecule has 0 spiro atoms. The normalized spacial score (nSPS) is 11.0. The number of aliphatic carboxylic acids is 1. The summed E-state index contributed by atoms with van der Waals surface area (Å²) in [6, 6.07) is 11.1. The fraction of sp³-hybridized carbons (Fsp3) is 0.143. The van der Waals surface area contributed by atoms with Crippen molar-refractivity contribution < 1.29 is 9.90 Å². The first-order valence-corrected chi connectivity index (χ1v) is 9.22. The van der Waals surface area contributed by atoms with E-state index >= 15 is 0 Å². The van der Waals surface area contributed by atoms with Gasteiger partial charge in [0.1, 0.15) is 17.9 Å². The zero-order chi connectivity index (χ0) is 21.3. The standard InChI is InChI=1S/C21H19N7O2/c1-13-2-5-19(22)28(26-13)20(23)7-14-3-4-18-15(6-14)8-16(9-24-18)17-10-25-27(11-17)12-21(29)30/h2-6,8-11,22-23H,7,12H2,1H3,(H,29,30). The number of nitrogens with zero attached hydrogens (tertiary/aromatic N) is 5. The second-order valence-corrected chi connectivity index (χ2v) is 6.97. The number of carbonyl (C=O) groups is 1. The van der Waals surface area contributed by atoms with Gasteiger partial charge in [0.05, 0.1) is 17.4 Å². The van der Waals surface area contributed by atoms with E-state index in [9.17, 15) is 4.79 Å². The summed E-state index contributed by atoms with van der Waals surface area (Å²) < 4.78 is 2.69. The van der Waals surface area contributed by atoms with Gasteiger partial charge in [-0.15, -0.1) is 0 Å². The van der Waals surface area contributed by atoms with Gasteiger partial charge < -0.3 is 5.11 Å². The Morgan fingerprint density at radius 3 is 2.77 bits per heavy atom. The molecule has 0 radical (unpaired) electrons. The maximum Gasteiger partial charge on any atom is 0.325 e. The molecule has 0 amide bonds. The SMILES string of the molecule is Cc1ccc(=N)n(C(=N)Cc2ccc3ncc(-c4cnn(CC(=O)O)c4)cc3c2)n1. The van der Waals surface area contributed by atoms with Crippen LogP contribution in [0.5, 0.6) is 0 Å². The quantitative estimate of drug-likeness (QED) is 0.348. The lowest BCUT2D eigenvalue weighted by molar-refractivity contribution is -0.137. The molecule has 0 atom stereocenters. The summed E-state index contributed by atoms with van der Waals surface area (Å²) in [5.74, 6) is -0.743. The highest BCUT2D eigenvalue weighted by Gasteiger charge is 2.09. The lowest BCUT2D eigenvalue weighted by Gasteiger charge is -2.09. The van der Waals surface area contributed by atoms with E-state index in [1.54, 1.807) is 30.7 Å². The number of aryl methyl sites for hydroxylation is 1. The third kappa shape index (κ3) is 4.00. The van der Waals surface area contributed by atoms with Crippen molar-refractivity contribution in [2.24, 2.45) is 0 Å². The first-order chi connectivity index (χ1) is 14.4. The van der Waals surface area contributed by atoms with Crippen LogP contribution in [0.15, 0.2) is 55.0 Å². The zero-order valence-corrected chi connectivity index (χ0v) is 16.2. The summed E-state index contributed by atoms with van der Waals surface area (Å²) in [6.07, 6.45) is 5.34. The van der Waals surface area contributed by atoms with Crippen LogP contribution in [-0.4, -0.2) is 41.5 Å². The Morgan fingerprint density at radius 2 is 1.97 bits per heavy atom. The van der Waals surface area contributed by atoms with Gasteiger partial charge in [-0.3, -0.25) is 25.3 Å². The van der Waals surface area contributed by atoms with E-state index in [1.165, 1.54) is 9.36 Å². The molecule has 3 heterocycles. The van der Waals surface area contributed by atoms with Crippen LogP contribution in [0.1, 0.15) is 11.3 Å². The highest BCUT2D eigenvalue weighted by molar-refractivity contribution is 5.87. The number of fused-ring (bicyclic) bond motifs is 1. The van der Waals surface area contributed by atoms with Crippen LogP contribution in [0.3, 0.4) is 0 Å². The topological polar surface area (TPSA) is 134 Å². The van der Waals surface area contributed by atoms with E-state index in [0.29, 0.717) is 6.42 Å². The van der Waals surface area contributed by atoms with Gasteiger partial charge in [0.2, 0.25) is 0 Å². The number of carboxylic acid groups (broad SMARTS) is 1. The number of rotatable bonds is 5. The summed E-state index contributed by atoms with van der Waals surface area (Å²) in [6.45, 7) is 1.63. The van der Waals surface area contributed by atoms with E-state index in [1.807, 2.05) is 31.2 Å². The van der Waals surface area contributed by atoms with Crippen LogP contribution >= 0.6 is 0 Å². The lowest BCUT2D eigenvalue weighted by Crippen LogP contribution is -2.30. The molecule has 4 aromatic rings. The van der Waals surface area contributed by atoms with E-state index in [2.05, 4.69) is 15.2 Å². The molecule has 150 valence electrons. The highest BCUT2D eigenvalue weighted by Crippen LogP contribution is 2.23. The minimum absolute atomic E-state index is 0.161. The molecular weight excluding hydrogens is 382 g/mol. The molecule has 0 aliphatic heterocycles. The molecule has 1 aromatic carbocycles. The summed E-state index contributed by atoms with van der Waals surface area (Å²) >= 11 is 0. The molecule has 0 bridgehead atoms. The Labute approximate surface area is 171 Å². The first-order valence-electron chi connectivity index (χ1n) is 9.22. The minimum atomic E-state index is -0.954. The molecule has 0 aliphatic carbocycles. The summed E-state index contributed by atoms with van der Waals surface area (Å²) in [5, 5.41) is 34.4. The van der Waals surface area contributed by atoms with Gasteiger partial charge in [-0.2, -0.15) is 10.2 Å². The zero-order valence-electron chi connectivity index (χ0n) is 16.2. The van der Waals surface area contributed by atoms with Crippen molar-refractivity contribution in [2.75, 3.05) is 0 Å². The first kappa shape index (κ1) is 19.2. The third-order valence-corrected chi connectivity index (χ3v) is 4.61. The van der Waals surface area contributed by atoms with Crippen LogP contribution in [0, 0.1) is 17.7 Å². The van der Waals surface area contributed by atoms with Gasteiger partial charge >= 0.3 is 5.97 Å². The number of hydrogen-bond donors (Lipinski definition) is 3. The minimum Gasteiger partial charge on any atom is -0.480 e. The molecule has 9 heteroatoms. The van der Waals surface area contributed by atoms with Crippen LogP contribution in [-0.2, 0) is 17.8 Å². The van der Waals surface area contributed by atoms with Crippen molar-refractivity contribution in [3.05, 3.63) is 71.7 Å². The lowest BCUT2D eigenvalue weighted by atomic mass is 10.0. The number of benzene rings is 1. The molecule has 3 N–H and O–H groups in total. The average molecular weight is 401 g/mol. The number of pyridine rings is 1. The highest BCUT2D eigenvalue weighted by atomic mass is 16.4. The fourth-order valence-electron chi connectivity index (χ4n) is 3.18. The van der Waals surface area contributed by atoms with Crippen molar-refractivity contribution in [3.8, 4) is 11.1 Å². The number of aromatic nitrogens is 5. The number of nitrogens with one attached hydrogen (secondary N) is 2. The van der Waals surface area contributed by atoms with Crippen LogP contribution in [0.4, 0.5) is 0 Å². The predicted molar refractivity (Wildman–Crippen MR) is 110 cm³/mol. The maximum absolute atomic E-state index is 10.8. The largest absolute Gasteiger partial charge is 0.480 e. The molecular formula is C21H19N7O2. The van der Waals surface area contributed by atoms with Gasteiger partial charge in [-0.1, -0.05) is 6.07 Å². The second-order valence-electron chi connectivity index (χ2n) is 6.97. The third-order valence-electron chi connectivity index (χ3n) is 4.61. The second kappa shape index (κ2) is 7.70. The molecule has 0 saturated heterocycles. The Hall–Kier alpha value is -4.14. The fourth-order valence-corrected chi connectivity index (χ4v) is 3.18. The molecule has 9 nitrogen and oxygen atoms in total. The molecule has 4 rings (SSSR count). The van der Waals surface area contributed by atoms with Gasteiger partial charge in [-0.05, 0) is 42.8 Å². The Bertz CT molecular complexity index is 1340. The van der Waals surface area contributed by atoms with E-state index in [4.69, 9.17) is 15.9 Å². The van der Waals surface area contributed by atoms with Gasteiger partial charge in [0, 0.05) is 35.3 Å². The van der Waals surface area contributed by atoms with E-state index in [0.717, 1.165) is 33.3 Å². The Balaban J connectivity index is 1.62. The van der Waals surface area contributed by atoms with Crippen molar-refractivity contribution >= 4 is 22.7 Å². The average Bonchev–Trinajstić information content (AvgIpc) is 3.17. The molecule has 0 saturated carbocycles.